The first-order valence-corrected chi connectivity index (χ1v) is 8.98. The van der Waals surface area contributed by atoms with E-state index in [1.807, 2.05) is 6.92 Å². The van der Waals surface area contributed by atoms with Crippen LogP contribution in [0.2, 0.25) is 0 Å². The van der Waals surface area contributed by atoms with E-state index in [0.29, 0.717) is 25.7 Å². The summed E-state index contributed by atoms with van der Waals surface area (Å²) in [7, 11) is 0. The van der Waals surface area contributed by atoms with E-state index in [2.05, 4.69) is 10.2 Å². The molecule has 2 saturated heterocycles. The fourth-order valence-corrected chi connectivity index (χ4v) is 4.58. The van der Waals surface area contributed by atoms with Crippen LogP contribution in [0.25, 0.3) is 0 Å². The van der Waals surface area contributed by atoms with Crippen LogP contribution in [0.3, 0.4) is 0 Å². The average molecular weight is 323 g/mol. The van der Waals surface area contributed by atoms with Crippen molar-refractivity contribution in [2.75, 3.05) is 32.7 Å². The summed E-state index contributed by atoms with van der Waals surface area (Å²) in [6.07, 6.45) is 6.33. The number of hydrogen-bond donors (Lipinski definition) is 2. The van der Waals surface area contributed by atoms with Crippen LogP contribution in [0, 0.1) is 5.92 Å². The van der Waals surface area contributed by atoms with E-state index in [9.17, 15) is 14.7 Å². The van der Waals surface area contributed by atoms with Crippen LogP contribution in [0.15, 0.2) is 0 Å². The lowest BCUT2D eigenvalue weighted by Gasteiger charge is -2.43. The summed E-state index contributed by atoms with van der Waals surface area (Å²) in [5, 5.41) is 13.5. The Morgan fingerprint density at radius 2 is 2.13 bits per heavy atom. The molecule has 2 heterocycles. The maximum absolute atomic E-state index is 12.5. The number of aliphatic hydroxyl groups is 1. The van der Waals surface area contributed by atoms with Gasteiger partial charge in [-0.2, -0.15) is 0 Å². The summed E-state index contributed by atoms with van der Waals surface area (Å²) < 4.78 is 0. The molecule has 6 nitrogen and oxygen atoms in total. The Balaban J connectivity index is 1.62. The van der Waals surface area contributed by atoms with E-state index in [1.165, 1.54) is 6.42 Å². The predicted molar refractivity (Wildman–Crippen MR) is 86.8 cm³/mol. The molecule has 3 aliphatic rings. The topological polar surface area (TPSA) is 72.9 Å². The van der Waals surface area contributed by atoms with Gasteiger partial charge in [-0.15, -0.1) is 0 Å². The quantitative estimate of drug-likeness (QED) is 0.786. The summed E-state index contributed by atoms with van der Waals surface area (Å²) >= 11 is 0. The van der Waals surface area contributed by atoms with Gasteiger partial charge in [-0.25, -0.2) is 0 Å². The van der Waals surface area contributed by atoms with Gasteiger partial charge in [0, 0.05) is 25.0 Å². The molecule has 0 unspecified atom stereocenters. The number of carbonyl (C=O) groups is 2. The largest absolute Gasteiger partial charge is 0.390 e. The molecule has 0 aromatic heterocycles. The Bertz CT molecular complexity index is 466. The van der Waals surface area contributed by atoms with Gasteiger partial charge in [-0.05, 0) is 39.2 Å². The lowest BCUT2D eigenvalue weighted by molar-refractivity contribution is -0.140. The van der Waals surface area contributed by atoms with Crippen molar-refractivity contribution in [1.82, 2.24) is 15.1 Å². The highest BCUT2D eigenvalue weighted by Gasteiger charge is 2.43. The Hall–Kier alpha value is -1.14. The van der Waals surface area contributed by atoms with E-state index in [4.69, 9.17) is 0 Å². The molecule has 2 amide bonds. The number of piperazine rings is 1. The van der Waals surface area contributed by atoms with Crippen LogP contribution in [0.4, 0.5) is 0 Å². The fourth-order valence-electron chi connectivity index (χ4n) is 4.58. The smallest absolute Gasteiger partial charge is 0.239 e. The SMILES string of the molecule is C[C@]1(O)CCCC[C@H]1[C@@H]1CCCN1CC(=O)N1CCNC(=O)C1. The summed E-state index contributed by atoms with van der Waals surface area (Å²) in [5.41, 5.74) is -0.612. The van der Waals surface area contributed by atoms with Gasteiger partial charge >= 0.3 is 0 Å². The van der Waals surface area contributed by atoms with Gasteiger partial charge in [0.2, 0.25) is 11.8 Å². The second-order valence-corrected chi connectivity index (χ2v) is 7.55. The zero-order chi connectivity index (χ0) is 16.4. The molecule has 0 radical (unpaired) electrons. The van der Waals surface area contributed by atoms with Crippen molar-refractivity contribution >= 4 is 11.8 Å². The minimum atomic E-state index is -0.612. The number of nitrogens with one attached hydrogen (secondary N) is 1. The molecular formula is C17H29N3O3. The van der Waals surface area contributed by atoms with E-state index in [-0.39, 0.29) is 24.3 Å². The van der Waals surface area contributed by atoms with Crippen LogP contribution in [0.1, 0.15) is 45.4 Å². The molecule has 2 aliphatic heterocycles. The molecule has 23 heavy (non-hydrogen) atoms. The molecule has 0 bridgehead atoms. The molecular weight excluding hydrogens is 294 g/mol. The lowest BCUT2D eigenvalue weighted by atomic mass is 9.72. The number of nitrogens with zero attached hydrogens (tertiary/aromatic N) is 2. The van der Waals surface area contributed by atoms with Gasteiger partial charge < -0.3 is 15.3 Å². The van der Waals surface area contributed by atoms with Crippen molar-refractivity contribution in [3.63, 3.8) is 0 Å². The maximum atomic E-state index is 12.5. The average Bonchev–Trinajstić information content (AvgIpc) is 2.94. The van der Waals surface area contributed by atoms with Crippen molar-refractivity contribution in [1.29, 1.82) is 0 Å². The van der Waals surface area contributed by atoms with Gasteiger partial charge in [0.25, 0.3) is 0 Å². The second kappa shape index (κ2) is 6.77. The molecule has 130 valence electrons. The van der Waals surface area contributed by atoms with Crippen LogP contribution in [-0.4, -0.2) is 71.1 Å². The van der Waals surface area contributed by atoms with Crippen LogP contribution in [0.5, 0.6) is 0 Å². The minimum absolute atomic E-state index is 0.0437. The zero-order valence-corrected chi connectivity index (χ0v) is 14.1. The first-order valence-electron chi connectivity index (χ1n) is 8.98. The number of amides is 2. The molecule has 6 heteroatoms. The van der Waals surface area contributed by atoms with Gasteiger partial charge in [0.05, 0.1) is 18.7 Å². The molecule has 3 fully saturated rings. The van der Waals surface area contributed by atoms with Crippen molar-refractivity contribution in [3.05, 3.63) is 0 Å². The summed E-state index contributed by atoms with van der Waals surface area (Å²) in [5.74, 6) is 0.233. The Kier molecular flexibility index (Phi) is 4.92. The van der Waals surface area contributed by atoms with Crippen molar-refractivity contribution in [2.45, 2.75) is 57.1 Å². The van der Waals surface area contributed by atoms with Crippen LogP contribution in [-0.2, 0) is 9.59 Å². The highest BCUT2D eigenvalue weighted by atomic mass is 16.3. The summed E-state index contributed by atoms with van der Waals surface area (Å²) in [6.45, 7) is 4.59. The maximum Gasteiger partial charge on any atom is 0.239 e. The summed E-state index contributed by atoms with van der Waals surface area (Å²) in [4.78, 5) is 27.9. The standard InChI is InChI=1S/C17H29N3O3/c1-17(23)7-3-2-5-13(17)14-6-4-9-19(14)12-16(22)20-10-8-18-15(21)11-20/h13-14,23H,2-12H2,1H3,(H,18,21)/t13-,14-,17-/m0/s1. The Labute approximate surface area is 138 Å². The minimum Gasteiger partial charge on any atom is -0.390 e. The van der Waals surface area contributed by atoms with E-state index >= 15 is 0 Å². The predicted octanol–water partition coefficient (Wildman–Crippen LogP) is 0.350. The fraction of sp³-hybridized carbons (Fsp3) is 0.882. The molecule has 1 aliphatic carbocycles. The van der Waals surface area contributed by atoms with Gasteiger partial charge in [0.1, 0.15) is 0 Å². The monoisotopic (exact) mass is 323 g/mol. The number of carbonyl (C=O) groups excluding carboxylic acids is 2. The van der Waals surface area contributed by atoms with E-state index < -0.39 is 5.60 Å². The van der Waals surface area contributed by atoms with Gasteiger partial charge in [-0.1, -0.05) is 12.8 Å². The molecule has 0 aromatic rings. The number of rotatable bonds is 3. The lowest BCUT2D eigenvalue weighted by Crippen LogP contribution is -2.54. The van der Waals surface area contributed by atoms with E-state index in [1.54, 1.807) is 4.90 Å². The number of likely N-dealkylation sites (tertiary alicyclic amines) is 1. The molecule has 1 saturated carbocycles. The van der Waals surface area contributed by atoms with Crippen LogP contribution >= 0.6 is 0 Å². The van der Waals surface area contributed by atoms with Gasteiger partial charge in [-0.3, -0.25) is 14.5 Å². The normalized spacial score (nSPS) is 36.1. The second-order valence-electron chi connectivity index (χ2n) is 7.55. The summed E-state index contributed by atoms with van der Waals surface area (Å²) in [6, 6.07) is 0.299. The van der Waals surface area contributed by atoms with Crippen molar-refractivity contribution < 1.29 is 14.7 Å². The van der Waals surface area contributed by atoms with Gasteiger partial charge in [0.15, 0.2) is 0 Å². The first-order chi connectivity index (χ1) is 11.0. The van der Waals surface area contributed by atoms with Crippen LogP contribution < -0.4 is 5.32 Å². The number of hydrogen-bond acceptors (Lipinski definition) is 4. The Morgan fingerprint density at radius 3 is 2.87 bits per heavy atom. The third kappa shape index (κ3) is 3.69. The molecule has 3 rings (SSSR count). The molecule has 3 atom stereocenters. The highest BCUT2D eigenvalue weighted by molar-refractivity contribution is 5.86. The first kappa shape index (κ1) is 16.7. The third-order valence-electron chi connectivity index (χ3n) is 5.85. The molecule has 0 aromatic carbocycles. The third-order valence-corrected chi connectivity index (χ3v) is 5.85. The zero-order valence-electron chi connectivity index (χ0n) is 14.1. The Morgan fingerprint density at radius 1 is 1.30 bits per heavy atom. The van der Waals surface area contributed by atoms with Crippen molar-refractivity contribution in [2.24, 2.45) is 5.92 Å². The molecule has 2 N–H and O–H groups in total. The molecule has 0 spiro atoms. The van der Waals surface area contributed by atoms with E-state index in [0.717, 1.165) is 38.6 Å². The highest BCUT2D eigenvalue weighted by Crippen LogP contribution is 2.40. The van der Waals surface area contributed by atoms with Crippen molar-refractivity contribution in [3.8, 4) is 0 Å².